The number of amides is 1. The molecule has 1 aliphatic rings. The van der Waals surface area contributed by atoms with Gasteiger partial charge in [-0.25, -0.2) is 0 Å². The largest absolute Gasteiger partial charge is 0.379 e. The summed E-state index contributed by atoms with van der Waals surface area (Å²) in [7, 11) is 0. The standard InChI is InChI=1S/C13H21ClN4O2/c1-2-18-12(11(14)10-16-18)13(19)15-4-3-5-17-6-8-20-9-7-17/h10H,2-9H2,1H3,(H,15,19). The van der Waals surface area contributed by atoms with Gasteiger partial charge in [0.25, 0.3) is 5.91 Å². The molecular formula is C13H21ClN4O2. The smallest absolute Gasteiger partial charge is 0.271 e. The topological polar surface area (TPSA) is 59.4 Å². The first-order valence-corrected chi connectivity index (χ1v) is 7.39. The zero-order valence-electron chi connectivity index (χ0n) is 11.8. The van der Waals surface area contributed by atoms with Gasteiger partial charge >= 0.3 is 0 Å². The summed E-state index contributed by atoms with van der Waals surface area (Å²) in [6.07, 6.45) is 2.43. The van der Waals surface area contributed by atoms with Crippen molar-refractivity contribution in [3.05, 3.63) is 16.9 Å². The number of ether oxygens (including phenoxy) is 1. The lowest BCUT2D eigenvalue weighted by atomic mass is 10.3. The number of halogens is 1. The molecule has 1 aliphatic heterocycles. The van der Waals surface area contributed by atoms with Gasteiger partial charge in [-0.3, -0.25) is 14.4 Å². The molecule has 1 saturated heterocycles. The van der Waals surface area contributed by atoms with Crippen LogP contribution in [0.2, 0.25) is 5.02 Å². The molecule has 1 N–H and O–H groups in total. The minimum absolute atomic E-state index is 0.156. The summed E-state index contributed by atoms with van der Waals surface area (Å²) in [5, 5.41) is 7.36. The Labute approximate surface area is 124 Å². The van der Waals surface area contributed by atoms with Crippen molar-refractivity contribution in [3.8, 4) is 0 Å². The normalized spacial score (nSPS) is 16.3. The van der Waals surface area contributed by atoms with Gasteiger partial charge in [0, 0.05) is 26.2 Å². The van der Waals surface area contributed by atoms with E-state index in [1.807, 2.05) is 6.92 Å². The molecule has 0 spiro atoms. The highest BCUT2D eigenvalue weighted by molar-refractivity contribution is 6.33. The first-order valence-electron chi connectivity index (χ1n) is 7.02. The fourth-order valence-electron chi connectivity index (χ4n) is 2.24. The van der Waals surface area contributed by atoms with Crippen molar-refractivity contribution in [1.29, 1.82) is 0 Å². The van der Waals surface area contributed by atoms with Gasteiger partial charge in [0.2, 0.25) is 0 Å². The lowest BCUT2D eigenvalue weighted by molar-refractivity contribution is 0.0374. The fraction of sp³-hybridized carbons (Fsp3) is 0.692. The minimum atomic E-state index is -0.156. The molecule has 0 radical (unpaired) electrons. The maximum Gasteiger partial charge on any atom is 0.271 e. The van der Waals surface area contributed by atoms with Crippen LogP contribution in [-0.4, -0.2) is 60.0 Å². The van der Waals surface area contributed by atoms with Gasteiger partial charge in [-0.1, -0.05) is 11.6 Å². The summed E-state index contributed by atoms with van der Waals surface area (Å²) in [6, 6.07) is 0. The SMILES string of the molecule is CCn1ncc(Cl)c1C(=O)NCCCN1CCOCC1. The van der Waals surface area contributed by atoms with Gasteiger partial charge in [0.15, 0.2) is 0 Å². The van der Waals surface area contributed by atoms with Crippen LogP contribution in [0, 0.1) is 0 Å². The number of nitrogens with zero attached hydrogens (tertiary/aromatic N) is 3. The van der Waals surface area contributed by atoms with Gasteiger partial charge in [-0.05, 0) is 19.9 Å². The maximum atomic E-state index is 12.1. The minimum Gasteiger partial charge on any atom is -0.379 e. The molecule has 20 heavy (non-hydrogen) atoms. The second-order valence-corrected chi connectivity index (χ2v) is 5.13. The molecule has 1 aromatic rings. The van der Waals surface area contributed by atoms with E-state index in [0.717, 1.165) is 39.3 Å². The van der Waals surface area contributed by atoms with Crippen molar-refractivity contribution >= 4 is 17.5 Å². The number of carbonyl (C=O) groups excluding carboxylic acids is 1. The molecule has 0 bridgehead atoms. The van der Waals surface area contributed by atoms with Crippen molar-refractivity contribution in [2.24, 2.45) is 0 Å². The van der Waals surface area contributed by atoms with Crippen molar-refractivity contribution < 1.29 is 9.53 Å². The molecule has 0 aliphatic carbocycles. The zero-order valence-corrected chi connectivity index (χ0v) is 12.5. The average molecular weight is 301 g/mol. The van der Waals surface area contributed by atoms with Gasteiger partial charge in [0.05, 0.1) is 24.4 Å². The number of aromatic nitrogens is 2. The van der Waals surface area contributed by atoms with E-state index in [2.05, 4.69) is 15.3 Å². The lowest BCUT2D eigenvalue weighted by Gasteiger charge is -2.26. The molecule has 0 saturated carbocycles. The fourth-order valence-corrected chi connectivity index (χ4v) is 2.47. The van der Waals surface area contributed by atoms with E-state index >= 15 is 0 Å². The number of morpholine rings is 1. The van der Waals surface area contributed by atoms with E-state index in [0.29, 0.717) is 23.8 Å². The van der Waals surface area contributed by atoms with Crippen LogP contribution in [-0.2, 0) is 11.3 Å². The van der Waals surface area contributed by atoms with Crippen molar-refractivity contribution in [1.82, 2.24) is 20.0 Å². The summed E-state index contributed by atoms with van der Waals surface area (Å²) < 4.78 is 6.91. The summed E-state index contributed by atoms with van der Waals surface area (Å²) in [4.78, 5) is 14.4. The second kappa shape index (κ2) is 7.61. The Hall–Kier alpha value is -1.11. The third kappa shape index (κ3) is 3.94. The molecule has 2 rings (SSSR count). The monoisotopic (exact) mass is 300 g/mol. The van der Waals surface area contributed by atoms with Gasteiger partial charge in [-0.2, -0.15) is 5.10 Å². The number of rotatable bonds is 6. The molecule has 112 valence electrons. The molecule has 1 amide bonds. The molecule has 0 atom stereocenters. The second-order valence-electron chi connectivity index (χ2n) is 4.72. The van der Waals surface area contributed by atoms with Gasteiger partial charge in [0.1, 0.15) is 5.69 Å². The Morgan fingerprint density at radius 1 is 1.50 bits per heavy atom. The van der Waals surface area contributed by atoms with Crippen LogP contribution in [0.5, 0.6) is 0 Å². The third-order valence-corrected chi connectivity index (χ3v) is 3.63. The highest BCUT2D eigenvalue weighted by Gasteiger charge is 2.16. The van der Waals surface area contributed by atoms with Crippen LogP contribution in [0.4, 0.5) is 0 Å². The summed E-state index contributed by atoms with van der Waals surface area (Å²) in [6.45, 7) is 7.73. The van der Waals surface area contributed by atoms with Gasteiger partial charge in [-0.15, -0.1) is 0 Å². The molecule has 0 aromatic carbocycles. The first-order chi connectivity index (χ1) is 9.72. The van der Waals surface area contributed by atoms with Crippen molar-refractivity contribution in [2.75, 3.05) is 39.4 Å². The van der Waals surface area contributed by atoms with Crippen LogP contribution >= 0.6 is 11.6 Å². The van der Waals surface area contributed by atoms with Crippen LogP contribution in [0.3, 0.4) is 0 Å². The average Bonchev–Trinajstić information content (AvgIpc) is 2.85. The quantitative estimate of drug-likeness (QED) is 0.797. The third-order valence-electron chi connectivity index (χ3n) is 3.35. The van der Waals surface area contributed by atoms with E-state index in [1.165, 1.54) is 6.20 Å². The Morgan fingerprint density at radius 3 is 2.95 bits per heavy atom. The molecule has 6 nitrogen and oxygen atoms in total. The Kier molecular flexibility index (Phi) is 5.82. The van der Waals surface area contributed by atoms with Crippen molar-refractivity contribution in [3.63, 3.8) is 0 Å². The number of carbonyl (C=O) groups is 1. The number of nitrogens with one attached hydrogen (secondary N) is 1. The van der Waals surface area contributed by atoms with Crippen LogP contribution < -0.4 is 5.32 Å². The highest BCUT2D eigenvalue weighted by Crippen LogP contribution is 2.14. The van der Waals surface area contributed by atoms with E-state index in [1.54, 1.807) is 4.68 Å². The number of hydrogen-bond acceptors (Lipinski definition) is 4. The molecule has 1 fully saturated rings. The predicted octanol–water partition coefficient (Wildman–Crippen LogP) is 1.01. The Morgan fingerprint density at radius 2 is 2.25 bits per heavy atom. The summed E-state index contributed by atoms with van der Waals surface area (Å²) in [5.74, 6) is -0.156. The number of aryl methyl sites for hydroxylation is 1. The highest BCUT2D eigenvalue weighted by atomic mass is 35.5. The Bertz CT molecular complexity index is 444. The van der Waals surface area contributed by atoms with Crippen molar-refractivity contribution in [2.45, 2.75) is 19.9 Å². The molecule has 2 heterocycles. The summed E-state index contributed by atoms with van der Waals surface area (Å²) >= 11 is 5.99. The van der Waals surface area contributed by atoms with E-state index in [9.17, 15) is 4.79 Å². The maximum absolute atomic E-state index is 12.1. The molecular weight excluding hydrogens is 280 g/mol. The van der Waals surface area contributed by atoms with Crippen LogP contribution in [0.1, 0.15) is 23.8 Å². The molecule has 0 unspecified atom stereocenters. The summed E-state index contributed by atoms with van der Waals surface area (Å²) in [5.41, 5.74) is 0.445. The number of hydrogen-bond donors (Lipinski definition) is 1. The van der Waals surface area contributed by atoms with E-state index in [4.69, 9.17) is 16.3 Å². The molecule has 7 heteroatoms. The lowest BCUT2D eigenvalue weighted by Crippen LogP contribution is -2.38. The molecule has 1 aromatic heterocycles. The predicted molar refractivity (Wildman–Crippen MR) is 77.1 cm³/mol. The van der Waals surface area contributed by atoms with Crippen LogP contribution in [0.25, 0.3) is 0 Å². The first kappa shape index (κ1) is 15.3. The van der Waals surface area contributed by atoms with Crippen LogP contribution in [0.15, 0.2) is 6.20 Å². The van der Waals surface area contributed by atoms with E-state index < -0.39 is 0 Å². The van der Waals surface area contributed by atoms with E-state index in [-0.39, 0.29) is 5.91 Å². The van der Waals surface area contributed by atoms with Gasteiger partial charge < -0.3 is 10.1 Å². The Balaban J connectivity index is 1.73. The zero-order chi connectivity index (χ0) is 14.4.